The van der Waals surface area contributed by atoms with E-state index in [1.165, 1.54) is 17.2 Å². The van der Waals surface area contributed by atoms with Gasteiger partial charge < -0.3 is 36.1 Å². The van der Waals surface area contributed by atoms with Crippen molar-refractivity contribution in [2.75, 3.05) is 18.1 Å². The second-order valence-corrected chi connectivity index (χ2v) is 10.8. The van der Waals surface area contributed by atoms with E-state index in [1.54, 1.807) is 0 Å². The molecule has 0 bridgehead atoms. The number of anilines is 1. The molecule has 6 rings (SSSR count). The number of nitrogen functional groups attached to an aromatic ring is 1. The van der Waals surface area contributed by atoms with Gasteiger partial charge >= 0.3 is 12.0 Å². The van der Waals surface area contributed by atoms with Crippen molar-refractivity contribution in [1.29, 1.82) is 0 Å². The molecule has 3 unspecified atom stereocenters. The number of rotatable bonds is 8. The third-order valence-corrected chi connectivity index (χ3v) is 8.95. The van der Waals surface area contributed by atoms with Crippen molar-refractivity contribution in [1.82, 2.24) is 30.2 Å². The van der Waals surface area contributed by atoms with E-state index < -0.39 is 30.0 Å². The molecule has 1 saturated carbocycles. The van der Waals surface area contributed by atoms with E-state index in [1.807, 2.05) is 11.8 Å². The number of hydrogen-bond acceptors (Lipinski definition) is 11. The van der Waals surface area contributed by atoms with E-state index in [0.717, 1.165) is 18.6 Å². The van der Waals surface area contributed by atoms with Crippen LogP contribution in [-0.4, -0.2) is 83.3 Å². The number of nitrogens with two attached hydrogens (primary N) is 1. The third-order valence-electron chi connectivity index (χ3n) is 7.45. The standard InChI is InChI=1S/C21H27N7O6S/c22-17-15-18(24-7-23-17)28(8-25-15)19-16(30)13-9(21(13,32)34-19)5-33-12(29)4-2-1-3-11-14-10(6-35-11)26-20(31)27-14/h7-11,13-14,16,19,30,32H,1-6H2,(H2,22,23,24)(H2,26,27,31)/t9-,10+,11+,13?,14+,16?,19-,21?/m1/s1. The Morgan fingerprint density at radius 2 is 2.20 bits per heavy atom. The molecule has 35 heavy (non-hydrogen) atoms. The molecule has 6 N–H and O–H groups in total. The van der Waals surface area contributed by atoms with E-state index in [0.29, 0.717) is 22.8 Å². The minimum absolute atomic E-state index is 0.0243. The van der Waals surface area contributed by atoms with Gasteiger partial charge in [0.25, 0.3) is 0 Å². The first-order valence-corrected chi connectivity index (χ1v) is 12.8. The zero-order chi connectivity index (χ0) is 24.3. The number of nitrogens with zero attached hydrogens (tertiary/aromatic N) is 4. The first-order valence-electron chi connectivity index (χ1n) is 11.7. The van der Waals surface area contributed by atoms with Gasteiger partial charge in [-0.3, -0.25) is 9.36 Å². The summed E-state index contributed by atoms with van der Waals surface area (Å²) in [5.41, 5.74) is 6.59. The van der Waals surface area contributed by atoms with E-state index in [9.17, 15) is 19.8 Å². The number of amides is 2. The summed E-state index contributed by atoms with van der Waals surface area (Å²) >= 11 is 1.85. The quantitative estimate of drug-likeness (QED) is 0.177. The summed E-state index contributed by atoms with van der Waals surface area (Å²) < 4.78 is 12.7. The highest BCUT2D eigenvalue weighted by molar-refractivity contribution is 8.00. The van der Waals surface area contributed by atoms with Crippen LogP contribution in [0.4, 0.5) is 10.6 Å². The number of unbranched alkanes of at least 4 members (excludes halogenated alkanes) is 1. The molecule has 13 nitrogen and oxygen atoms in total. The highest BCUT2D eigenvalue weighted by atomic mass is 32.2. The Morgan fingerprint density at radius 3 is 3.00 bits per heavy atom. The number of thioether (sulfide) groups is 1. The average molecular weight is 506 g/mol. The van der Waals surface area contributed by atoms with Gasteiger partial charge in [-0.15, -0.1) is 0 Å². The van der Waals surface area contributed by atoms with Gasteiger partial charge in [0.1, 0.15) is 17.9 Å². The molecular formula is C21H27N7O6S. The zero-order valence-corrected chi connectivity index (χ0v) is 19.6. The summed E-state index contributed by atoms with van der Waals surface area (Å²) in [7, 11) is 0. The van der Waals surface area contributed by atoms with Crippen LogP contribution in [0.1, 0.15) is 31.9 Å². The van der Waals surface area contributed by atoms with Gasteiger partial charge in [-0.2, -0.15) is 11.8 Å². The maximum atomic E-state index is 12.2. The van der Waals surface area contributed by atoms with Crippen LogP contribution in [0, 0.1) is 11.8 Å². The number of aromatic nitrogens is 4. The second kappa shape index (κ2) is 8.47. The Labute approximate surface area is 204 Å². The molecular weight excluding hydrogens is 478 g/mol. The number of hydrogen-bond donors (Lipinski definition) is 5. The maximum absolute atomic E-state index is 12.2. The Hall–Kier alpha value is -2.68. The van der Waals surface area contributed by atoms with Crippen LogP contribution in [0.5, 0.6) is 0 Å². The van der Waals surface area contributed by atoms with Crippen LogP contribution in [0.3, 0.4) is 0 Å². The fraction of sp³-hybridized carbons (Fsp3) is 0.667. The van der Waals surface area contributed by atoms with E-state index >= 15 is 0 Å². The van der Waals surface area contributed by atoms with E-state index in [2.05, 4.69) is 25.6 Å². The van der Waals surface area contributed by atoms with Crippen LogP contribution in [-0.2, 0) is 14.3 Å². The van der Waals surface area contributed by atoms with E-state index in [4.69, 9.17) is 15.2 Å². The topological polar surface area (TPSA) is 187 Å². The van der Waals surface area contributed by atoms with E-state index in [-0.39, 0.29) is 42.9 Å². The largest absolute Gasteiger partial charge is 0.465 e. The lowest BCUT2D eigenvalue weighted by Crippen LogP contribution is -2.36. The Morgan fingerprint density at radius 1 is 1.34 bits per heavy atom. The third kappa shape index (κ3) is 3.79. The van der Waals surface area contributed by atoms with Gasteiger partial charge in [0.2, 0.25) is 0 Å². The number of esters is 1. The summed E-state index contributed by atoms with van der Waals surface area (Å²) in [6.07, 6.45) is 3.56. The maximum Gasteiger partial charge on any atom is 0.315 e. The summed E-state index contributed by atoms with van der Waals surface area (Å²) in [6, 6.07) is 0.259. The number of imidazole rings is 1. The molecule has 0 radical (unpaired) electrons. The summed E-state index contributed by atoms with van der Waals surface area (Å²) in [4.78, 5) is 35.9. The number of aliphatic hydroxyl groups excluding tert-OH is 1. The fourth-order valence-corrected chi connectivity index (χ4v) is 7.09. The predicted molar refractivity (Wildman–Crippen MR) is 123 cm³/mol. The van der Waals surface area contributed by atoms with Gasteiger partial charge in [0, 0.05) is 17.4 Å². The molecule has 8 atom stereocenters. The number of carbonyl (C=O) groups is 2. The van der Waals surface area contributed by atoms with Crippen LogP contribution >= 0.6 is 11.8 Å². The SMILES string of the molecule is Nc1ncnc2c1ncn2[C@@H]1OC2(O)C(C1O)[C@H]2COC(=O)CCCC[C@@H]1SC[C@@H]2NC(=O)N[C@@H]21. The number of ether oxygens (including phenoxy) is 2. The number of nitrogens with one attached hydrogen (secondary N) is 2. The summed E-state index contributed by atoms with van der Waals surface area (Å²) in [6.45, 7) is -0.0243. The van der Waals surface area contributed by atoms with Crippen molar-refractivity contribution in [2.24, 2.45) is 11.8 Å². The highest BCUT2D eigenvalue weighted by Gasteiger charge is 2.76. The lowest BCUT2D eigenvalue weighted by Gasteiger charge is -2.22. The van der Waals surface area contributed by atoms with Gasteiger partial charge in [-0.25, -0.2) is 19.7 Å². The van der Waals surface area contributed by atoms with Crippen molar-refractivity contribution in [3.8, 4) is 0 Å². The molecule has 14 heteroatoms. The Balaban J connectivity index is 0.952. The number of urea groups is 1. The van der Waals surface area contributed by atoms with Crippen molar-refractivity contribution in [2.45, 2.75) is 61.1 Å². The minimum Gasteiger partial charge on any atom is -0.465 e. The van der Waals surface area contributed by atoms with Gasteiger partial charge in [0.05, 0.1) is 36.9 Å². The molecule has 4 fully saturated rings. The lowest BCUT2D eigenvalue weighted by molar-refractivity contribution is -0.185. The van der Waals surface area contributed by atoms with Crippen molar-refractivity contribution >= 4 is 40.7 Å². The summed E-state index contributed by atoms with van der Waals surface area (Å²) in [5, 5.41) is 27.9. The Bertz CT molecular complexity index is 1160. The highest BCUT2D eigenvalue weighted by Crippen LogP contribution is 2.62. The predicted octanol–water partition coefficient (Wildman–Crippen LogP) is -0.498. The zero-order valence-electron chi connectivity index (χ0n) is 18.7. The van der Waals surface area contributed by atoms with Crippen LogP contribution < -0.4 is 16.4 Å². The molecule has 188 valence electrons. The van der Waals surface area contributed by atoms with Crippen molar-refractivity contribution in [3.05, 3.63) is 12.7 Å². The molecule has 2 amide bonds. The summed E-state index contributed by atoms with van der Waals surface area (Å²) in [5.74, 6) is -1.88. The first kappa shape index (κ1) is 22.8. The molecule has 5 heterocycles. The fourth-order valence-electron chi connectivity index (χ4n) is 5.55. The Kier molecular flexibility index (Phi) is 5.51. The normalized spacial score (nSPS) is 37.1. The molecule has 2 aromatic heterocycles. The van der Waals surface area contributed by atoms with Gasteiger partial charge in [-0.05, 0) is 12.8 Å². The average Bonchev–Trinajstić information content (AvgIpc) is 3.31. The lowest BCUT2D eigenvalue weighted by atomic mass is 10.0. The molecule has 3 aliphatic heterocycles. The number of aliphatic hydroxyl groups is 2. The smallest absolute Gasteiger partial charge is 0.315 e. The van der Waals surface area contributed by atoms with Crippen LogP contribution in [0.25, 0.3) is 11.2 Å². The number of fused-ring (bicyclic) bond motifs is 3. The minimum atomic E-state index is -1.57. The molecule has 0 spiro atoms. The second-order valence-electron chi connectivity index (χ2n) is 9.52. The molecule has 3 saturated heterocycles. The first-order chi connectivity index (χ1) is 16.9. The molecule has 2 aromatic rings. The monoisotopic (exact) mass is 505 g/mol. The van der Waals surface area contributed by atoms with Gasteiger partial charge in [0.15, 0.2) is 23.5 Å². The van der Waals surface area contributed by atoms with Gasteiger partial charge in [-0.1, -0.05) is 6.42 Å². The molecule has 0 aromatic carbocycles. The van der Waals surface area contributed by atoms with Crippen molar-refractivity contribution in [3.63, 3.8) is 0 Å². The molecule has 1 aliphatic carbocycles. The van der Waals surface area contributed by atoms with Crippen LogP contribution in [0.15, 0.2) is 12.7 Å². The van der Waals surface area contributed by atoms with Crippen molar-refractivity contribution < 1.29 is 29.3 Å². The molecule has 4 aliphatic rings. The number of carbonyl (C=O) groups excluding carboxylic acids is 2. The van der Waals surface area contributed by atoms with Crippen LogP contribution in [0.2, 0.25) is 0 Å².